The molecule has 0 aliphatic carbocycles. The molecule has 2 heterocycles. The Morgan fingerprint density at radius 2 is 2.50 bits per heavy atom. The molecule has 0 bridgehead atoms. The average molecular weight is 249 g/mol. The van der Waals surface area contributed by atoms with Crippen LogP contribution < -0.4 is 15.4 Å². The van der Waals surface area contributed by atoms with Gasteiger partial charge in [0.05, 0.1) is 24.4 Å². The summed E-state index contributed by atoms with van der Waals surface area (Å²) in [5.74, 6) is 0.702. The summed E-state index contributed by atoms with van der Waals surface area (Å²) >= 11 is 0. The number of hydrogen-bond donors (Lipinski definition) is 2. The third-order valence-electron chi connectivity index (χ3n) is 2.96. The normalized spacial score (nSPS) is 19.3. The first-order chi connectivity index (χ1) is 8.79. The van der Waals surface area contributed by atoms with Gasteiger partial charge in [-0.15, -0.1) is 0 Å². The van der Waals surface area contributed by atoms with Gasteiger partial charge in [0, 0.05) is 12.6 Å². The van der Waals surface area contributed by atoms with Crippen molar-refractivity contribution in [2.75, 3.05) is 25.0 Å². The molecule has 0 aromatic carbocycles. The van der Waals surface area contributed by atoms with E-state index in [1.165, 1.54) is 0 Å². The van der Waals surface area contributed by atoms with Crippen LogP contribution in [0.3, 0.4) is 0 Å². The van der Waals surface area contributed by atoms with Gasteiger partial charge in [-0.1, -0.05) is 0 Å². The first-order valence-electron chi connectivity index (χ1n) is 6.40. The smallest absolute Gasteiger partial charge is 0.228 e. The molecule has 98 valence electrons. The van der Waals surface area contributed by atoms with Crippen molar-refractivity contribution >= 4 is 11.6 Å². The minimum absolute atomic E-state index is 0.0605. The summed E-state index contributed by atoms with van der Waals surface area (Å²) < 4.78 is 5.25. The number of rotatable bonds is 4. The number of piperidine rings is 1. The lowest BCUT2D eigenvalue weighted by Crippen LogP contribution is -2.37. The number of pyridine rings is 1. The van der Waals surface area contributed by atoms with Crippen molar-refractivity contribution in [2.24, 2.45) is 5.92 Å². The first-order valence-corrected chi connectivity index (χ1v) is 6.40. The van der Waals surface area contributed by atoms with E-state index in [-0.39, 0.29) is 11.8 Å². The summed E-state index contributed by atoms with van der Waals surface area (Å²) in [5.41, 5.74) is 0.717. The minimum Gasteiger partial charge on any atom is -0.478 e. The molecule has 2 rings (SSSR count). The number of ether oxygens (including phenoxy) is 1. The largest absolute Gasteiger partial charge is 0.478 e. The van der Waals surface area contributed by atoms with Gasteiger partial charge >= 0.3 is 0 Å². The third-order valence-corrected chi connectivity index (χ3v) is 2.96. The second kappa shape index (κ2) is 6.35. The van der Waals surface area contributed by atoms with Crippen LogP contribution in [0.25, 0.3) is 0 Å². The Hall–Kier alpha value is -1.62. The van der Waals surface area contributed by atoms with Crippen LogP contribution in [0.5, 0.6) is 5.88 Å². The highest BCUT2D eigenvalue weighted by atomic mass is 16.5. The van der Waals surface area contributed by atoms with E-state index in [4.69, 9.17) is 4.74 Å². The van der Waals surface area contributed by atoms with Crippen LogP contribution >= 0.6 is 0 Å². The van der Waals surface area contributed by atoms with Crippen LogP contribution in [-0.2, 0) is 4.79 Å². The van der Waals surface area contributed by atoms with Gasteiger partial charge in [0.1, 0.15) is 0 Å². The highest BCUT2D eigenvalue weighted by Gasteiger charge is 2.20. The molecule has 1 aliphatic rings. The van der Waals surface area contributed by atoms with Crippen molar-refractivity contribution in [2.45, 2.75) is 19.8 Å². The number of carbonyl (C=O) groups excluding carboxylic acids is 1. The van der Waals surface area contributed by atoms with Crippen LogP contribution in [0.4, 0.5) is 5.69 Å². The van der Waals surface area contributed by atoms with Gasteiger partial charge in [-0.2, -0.15) is 0 Å². The number of aromatic nitrogens is 1. The summed E-state index contributed by atoms with van der Waals surface area (Å²) in [7, 11) is 0. The molecular formula is C13H19N3O2. The Morgan fingerprint density at radius 3 is 3.11 bits per heavy atom. The van der Waals surface area contributed by atoms with Crippen molar-refractivity contribution in [3.8, 4) is 5.88 Å². The molecule has 1 fully saturated rings. The zero-order valence-corrected chi connectivity index (χ0v) is 10.6. The molecule has 0 unspecified atom stereocenters. The van der Waals surface area contributed by atoms with Crippen LogP contribution in [0.2, 0.25) is 0 Å². The summed E-state index contributed by atoms with van der Waals surface area (Å²) in [6.07, 6.45) is 3.63. The summed E-state index contributed by atoms with van der Waals surface area (Å²) in [5, 5.41) is 6.11. The highest BCUT2D eigenvalue weighted by Crippen LogP contribution is 2.15. The average Bonchev–Trinajstić information content (AvgIpc) is 2.42. The van der Waals surface area contributed by atoms with Crippen molar-refractivity contribution in [3.05, 3.63) is 18.3 Å². The van der Waals surface area contributed by atoms with Crippen LogP contribution in [0, 0.1) is 5.92 Å². The van der Waals surface area contributed by atoms with Gasteiger partial charge in [-0.05, 0) is 32.4 Å². The fraction of sp³-hybridized carbons (Fsp3) is 0.538. The lowest BCUT2D eigenvalue weighted by atomic mass is 9.99. The van der Waals surface area contributed by atoms with Gasteiger partial charge < -0.3 is 15.4 Å². The molecule has 0 saturated carbocycles. The molecule has 18 heavy (non-hydrogen) atoms. The van der Waals surface area contributed by atoms with Crippen molar-refractivity contribution in [3.63, 3.8) is 0 Å². The lowest BCUT2D eigenvalue weighted by molar-refractivity contribution is -0.120. The monoisotopic (exact) mass is 249 g/mol. The van der Waals surface area contributed by atoms with E-state index in [0.717, 1.165) is 25.9 Å². The van der Waals surface area contributed by atoms with Crippen LogP contribution in [0.15, 0.2) is 18.3 Å². The maximum atomic E-state index is 12.0. The Kier molecular flexibility index (Phi) is 4.52. The Bertz CT molecular complexity index is 386. The van der Waals surface area contributed by atoms with E-state index in [1.54, 1.807) is 12.3 Å². The van der Waals surface area contributed by atoms with Crippen LogP contribution in [0.1, 0.15) is 19.8 Å². The zero-order valence-electron chi connectivity index (χ0n) is 10.6. The number of hydrogen-bond acceptors (Lipinski definition) is 4. The summed E-state index contributed by atoms with van der Waals surface area (Å²) in [6, 6.07) is 3.57. The number of amides is 1. The van der Waals surface area contributed by atoms with Gasteiger partial charge in [-0.25, -0.2) is 4.98 Å². The molecule has 1 saturated heterocycles. The van der Waals surface area contributed by atoms with E-state index in [9.17, 15) is 4.79 Å². The molecule has 1 aliphatic heterocycles. The standard InChI is InChI=1S/C13H19N3O2/c1-2-18-12-6-5-11(9-15-12)16-13(17)10-4-3-7-14-8-10/h5-6,9-10,14H,2-4,7-8H2,1H3,(H,16,17)/t10-/m1/s1. The van der Waals surface area contributed by atoms with Crippen molar-refractivity contribution in [1.82, 2.24) is 10.3 Å². The minimum atomic E-state index is 0.0605. The number of nitrogens with zero attached hydrogens (tertiary/aromatic N) is 1. The van der Waals surface area contributed by atoms with E-state index in [1.807, 2.05) is 13.0 Å². The van der Waals surface area contributed by atoms with Gasteiger partial charge in [-0.3, -0.25) is 4.79 Å². The molecule has 1 amide bonds. The third kappa shape index (κ3) is 3.43. The number of nitrogens with one attached hydrogen (secondary N) is 2. The number of carbonyl (C=O) groups is 1. The molecule has 1 aromatic heterocycles. The fourth-order valence-corrected chi connectivity index (χ4v) is 2.01. The molecule has 5 nitrogen and oxygen atoms in total. The lowest BCUT2D eigenvalue weighted by Gasteiger charge is -2.21. The molecular weight excluding hydrogens is 230 g/mol. The quantitative estimate of drug-likeness (QED) is 0.847. The molecule has 2 N–H and O–H groups in total. The maximum absolute atomic E-state index is 12.0. The molecule has 5 heteroatoms. The van der Waals surface area contributed by atoms with Gasteiger partial charge in [0.2, 0.25) is 11.8 Å². The van der Waals surface area contributed by atoms with E-state index in [0.29, 0.717) is 18.2 Å². The Balaban J connectivity index is 1.89. The Morgan fingerprint density at radius 1 is 1.61 bits per heavy atom. The Labute approximate surface area is 107 Å². The highest BCUT2D eigenvalue weighted by molar-refractivity contribution is 5.92. The van der Waals surface area contributed by atoms with Crippen molar-refractivity contribution in [1.29, 1.82) is 0 Å². The topological polar surface area (TPSA) is 63.2 Å². The first kappa shape index (κ1) is 12.8. The molecule has 0 spiro atoms. The van der Waals surface area contributed by atoms with E-state index in [2.05, 4.69) is 15.6 Å². The van der Waals surface area contributed by atoms with Crippen molar-refractivity contribution < 1.29 is 9.53 Å². The summed E-state index contributed by atoms with van der Waals surface area (Å²) in [6.45, 7) is 4.27. The predicted octanol–water partition coefficient (Wildman–Crippen LogP) is 1.42. The van der Waals surface area contributed by atoms with E-state index < -0.39 is 0 Å². The predicted molar refractivity (Wildman–Crippen MR) is 69.6 cm³/mol. The van der Waals surface area contributed by atoms with E-state index >= 15 is 0 Å². The van der Waals surface area contributed by atoms with Gasteiger partial charge in [0.25, 0.3) is 0 Å². The second-order valence-electron chi connectivity index (χ2n) is 4.35. The van der Waals surface area contributed by atoms with Crippen LogP contribution in [-0.4, -0.2) is 30.6 Å². The maximum Gasteiger partial charge on any atom is 0.228 e. The second-order valence-corrected chi connectivity index (χ2v) is 4.35. The zero-order chi connectivity index (χ0) is 12.8. The molecule has 1 atom stereocenters. The number of anilines is 1. The van der Waals surface area contributed by atoms with Gasteiger partial charge in [0.15, 0.2) is 0 Å². The molecule has 0 radical (unpaired) electrons. The fourth-order valence-electron chi connectivity index (χ4n) is 2.01. The summed E-state index contributed by atoms with van der Waals surface area (Å²) in [4.78, 5) is 16.1. The molecule has 1 aromatic rings. The SMILES string of the molecule is CCOc1ccc(NC(=O)[C@@H]2CCCNC2)cn1.